The first-order valence-electron chi connectivity index (χ1n) is 6.72. The van der Waals surface area contributed by atoms with Gasteiger partial charge in [0.15, 0.2) is 0 Å². The van der Waals surface area contributed by atoms with Crippen LogP contribution in [-0.4, -0.2) is 48.1 Å². The minimum absolute atomic E-state index is 0.310. The van der Waals surface area contributed by atoms with Crippen LogP contribution in [0.15, 0.2) is 30.3 Å². The molecule has 0 spiro atoms. The molecule has 3 nitrogen and oxygen atoms in total. The lowest BCUT2D eigenvalue weighted by atomic mass is 10.1. The largest absolute Gasteiger partial charge is 0.379 e. The van der Waals surface area contributed by atoms with Gasteiger partial charge in [0.05, 0.1) is 19.3 Å². The molecule has 0 unspecified atom stereocenters. The Morgan fingerprint density at radius 3 is 2.40 bits per heavy atom. The van der Waals surface area contributed by atoms with Crippen molar-refractivity contribution in [3.05, 3.63) is 35.9 Å². The number of rotatable bonds is 5. The van der Waals surface area contributed by atoms with E-state index in [1.54, 1.807) is 0 Å². The van der Waals surface area contributed by atoms with E-state index in [9.17, 15) is 0 Å². The third-order valence-corrected chi connectivity index (χ3v) is 4.00. The molecule has 6 heteroatoms. The van der Waals surface area contributed by atoms with E-state index in [0.29, 0.717) is 0 Å². The highest BCUT2D eigenvalue weighted by atomic mass is 35.6. The third kappa shape index (κ3) is 5.06. The molecule has 1 N–H and O–H groups in total. The van der Waals surface area contributed by atoms with Crippen molar-refractivity contribution in [1.82, 2.24) is 10.2 Å². The summed E-state index contributed by atoms with van der Waals surface area (Å²) in [5.41, 5.74) is 0.981. The molecule has 0 aromatic heterocycles. The van der Waals surface area contributed by atoms with Crippen LogP contribution in [0.5, 0.6) is 0 Å². The predicted molar refractivity (Wildman–Crippen MR) is 84.7 cm³/mol. The number of hydrogen-bond donors (Lipinski definition) is 1. The van der Waals surface area contributed by atoms with E-state index in [1.165, 1.54) is 0 Å². The average molecular weight is 338 g/mol. The fourth-order valence-corrected chi connectivity index (χ4v) is 2.87. The Morgan fingerprint density at radius 1 is 1.15 bits per heavy atom. The highest BCUT2D eigenvalue weighted by molar-refractivity contribution is 6.68. The Kier molecular flexibility index (Phi) is 6.40. The Labute approximate surface area is 135 Å². The predicted octanol–water partition coefficient (Wildman–Crippen LogP) is 3.02. The maximum Gasteiger partial charge on any atom is 0.209 e. The van der Waals surface area contributed by atoms with Crippen LogP contribution in [0.25, 0.3) is 0 Å². The zero-order valence-electron chi connectivity index (χ0n) is 11.2. The summed E-state index contributed by atoms with van der Waals surface area (Å²) in [6, 6.07) is 9.47. The van der Waals surface area contributed by atoms with Gasteiger partial charge in [-0.2, -0.15) is 0 Å². The van der Waals surface area contributed by atoms with Crippen LogP contribution in [0.4, 0.5) is 0 Å². The number of benzene rings is 1. The molecule has 1 aromatic carbocycles. The van der Waals surface area contributed by atoms with Gasteiger partial charge in [0.25, 0.3) is 0 Å². The van der Waals surface area contributed by atoms with Gasteiger partial charge in [-0.15, -0.1) is 0 Å². The van der Waals surface area contributed by atoms with Crippen molar-refractivity contribution in [3.63, 3.8) is 0 Å². The van der Waals surface area contributed by atoms with Crippen LogP contribution in [-0.2, 0) is 4.74 Å². The van der Waals surface area contributed by atoms with E-state index >= 15 is 0 Å². The Hall–Kier alpha value is -0.0300. The maximum absolute atomic E-state index is 6.09. The normalized spacial score (nSPS) is 18.9. The Bertz CT molecular complexity index is 391. The summed E-state index contributed by atoms with van der Waals surface area (Å²) < 4.78 is 3.96. The highest BCUT2D eigenvalue weighted by Crippen LogP contribution is 2.39. The summed E-state index contributed by atoms with van der Waals surface area (Å²) >= 11 is 18.3. The fourth-order valence-electron chi connectivity index (χ4n) is 2.26. The smallest absolute Gasteiger partial charge is 0.209 e. The van der Waals surface area contributed by atoms with Crippen LogP contribution in [0.3, 0.4) is 0 Å². The lowest BCUT2D eigenvalue weighted by Crippen LogP contribution is -2.42. The second-order valence-electron chi connectivity index (χ2n) is 4.79. The van der Waals surface area contributed by atoms with E-state index < -0.39 is 3.79 Å². The van der Waals surface area contributed by atoms with Crippen molar-refractivity contribution in [3.8, 4) is 0 Å². The summed E-state index contributed by atoms with van der Waals surface area (Å²) in [5.74, 6) is 0. The molecule has 0 amide bonds. The third-order valence-electron chi connectivity index (χ3n) is 3.34. The van der Waals surface area contributed by atoms with Crippen LogP contribution in [0, 0.1) is 0 Å². The standard InChI is InChI=1S/C14H19Cl3N2O/c15-14(16,17)13(12-4-2-1-3-5-12)18-6-7-19-8-10-20-11-9-19/h1-5,13,18H,6-11H2/t13-/m1/s1. The molecule has 0 bridgehead atoms. The van der Waals surface area contributed by atoms with Crippen molar-refractivity contribution >= 4 is 34.8 Å². The van der Waals surface area contributed by atoms with E-state index in [-0.39, 0.29) is 6.04 Å². The van der Waals surface area contributed by atoms with Gasteiger partial charge in [-0.05, 0) is 5.56 Å². The lowest BCUT2D eigenvalue weighted by molar-refractivity contribution is 0.0381. The second-order valence-corrected chi connectivity index (χ2v) is 7.16. The highest BCUT2D eigenvalue weighted by Gasteiger charge is 2.33. The van der Waals surface area contributed by atoms with Crippen LogP contribution in [0.1, 0.15) is 11.6 Å². The molecular formula is C14H19Cl3N2O. The number of morpholine rings is 1. The Balaban J connectivity index is 1.88. The van der Waals surface area contributed by atoms with Crippen molar-refractivity contribution in [1.29, 1.82) is 0 Å². The summed E-state index contributed by atoms with van der Waals surface area (Å²) in [6.45, 7) is 5.22. The number of nitrogens with zero attached hydrogens (tertiary/aromatic N) is 1. The van der Waals surface area contributed by atoms with E-state index in [4.69, 9.17) is 39.5 Å². The summed E-state index contributed by atoms with van der Waals surface area (Å²) in [7, 11) is 0. The van der Waals surface area contributed by atoms with Crippen molar-refractivity contribution < 1.29 is 4.74 Å². The minimum atomic E-state index is -1.37. The first-order chi connectivity index (χ1) is 9.57. The van der Waals surface area contributed by atoms with Crippen LogP contribution >= 0.6 is 34.8 Å². The van der Waals surface area contributed by atoms with Gasteiger partial charge in [0.1, 0.15) is 0 Å². The molecule has 0 saturated carbocycles. The minimum Gasteiger partial charge on any atom is -0.379 e. The maximum atomic E-state index is 6.09. The van der Waals surface area contributed by atoms with Crippen LogP contribution in [0.2, 0.25) is 0 Å². The first-order valence-corrected chi connectivity index (χ1v) is 7.86. The molecule has 2 rings (SSSR count). The lowest BCUT2D eigenvalue weighted by Gasteiger charge is -2.30. The zero-order chi connectivity index (χ0) is 14.4. The topological polar surface area (TPSA) is 24.5 Å². The molecule has 1 aliphatic rings. The second kappa shape index (κ2) is 7.83. The zero-order valence-corrected chi connectivity index (χ0v) is 13.5. The number of halogens is 3. The molecule has 0 aliphatic carbocycles. The van der Waals surface area contributed by atoms with E-state index in [0.717, 1.165) is 45.0 Å². The molecule has 0 radical (unpaired) electrons. The molecule has 1 heterocycles. The molecule has 1 aliphatic heterocycles. The van der Waals surface area contributed by atoms with Crippen molar-refractivity contribution in [2.45, 2.75) is 9.83 Å². The van der Waals surface area contributed by atoms with Crippen LogP contribution < -0.4 is 5.32 Å². The Morgan fingerprint density at radius 2 is 1.80 bits per heavy atom. The van der Waals surface area contributed by atoms with Gasteiger partial charge in [-0.3, -0.25) is 4.90 Å². The van der Waals surface area contributed by atoms with Crippen molar-refractivity contribution in [2.75, 3.05) is 39.4 Å². The molecule has 1 saturated heterocycles. The molecular weight excluding hydrogens is 319 g/mol. The van der Waals surface area contributed by atoms with Gasteiger partial charge in [-0.1, -0.05) is 65.1 Å². The van der Waals surface area contributed by atoms with E-state index in [2.05, 4.69) is 10.2 Å². The van der Waals surface area contributed by atoms with Crippen molar-refractivity contribution in [2.24, 2.45) is 0 Å². The van der Waals surface area contributed by atoms with Gasteiger partial charge in [0.2, 0.25) is 3.79 Å². The summed E-state index contributed by atoms with van der Waals surface area (Å²) in [4.78, 5) is 2.34. The summed E-state index contributed by atoms with van der Waals surface area (Å²) in [6.07, 6.45) is 0. The van der Waals surface area contributed by atoms with E-state index in [1.807, 2.05) is 30.3 Å². The number of hydrogen-bond acceptors (Lipinski definition) is 3. The monoisotopic (exact) mass is 336 g/mol. The number of nitrogens with one attached hydrogen (secondary N) is 1. The molecule has 1 aromatic rings. The molecule has 20 heavy (non-hydrogen) atoms. The number of alkyl halides is 3. The molecule has 1 atom stereocenters. The van der Waals surface area contributed by atoms with Gasteiger partial charge < -0.3 is 10.1 Å². The quantitative estimate of drug-likeness (QED) is 0.836. The molecule has 1 fully saturated rings. The SMILES string of the molecule is ClC(Cl)(Cl)[C@H](NCCN1CCOCC1)c1ccccc1. The average Bonchev–Trinajstić information content (AvgIpc) is 2.44. The summed E-state index contributed by atoms with van der Waals surface area (Å²) in [5, 5.41) is 3.34. The van der Waals surface area contributed by atoms with Gasteiger partial charge >= 0.3 is 0 Å². The molecule has 112 valence electrons. The van der Waals surface area contributed by atoms with Gasteiger partial charge in [0, 0.05) is 26.2 Å². The van der Waals surface area contributed by atoms with Gasteiger partial charge in [-0.25, -0.2) is 0 Å². The first kappa shape index (κ1) is 16.3. The fraction of sp³-hybridized carbons (Fsp3) is 0.571. The number of ether oxygens (including phenoxy) is 1.